The number of nitrogens with zero attached hydrogens (tertiary/aromatic N) is 7. The molecule has 3 aromatic heterocycles. The Balaban J connectivity index is 1.19. The van der Waals surface area contributed by atoms with Crippen LogP contribution in [0.3, 0.4) is 0 Å². The Hall–Kier alpha value is -6.19. The summed E-state index contributed by atoms with van der Waals surface area (Å²) in [5.74, 6) is -1.13. The number of aromatic amines is 1. The number of carbonyl (C=O) groups excluding carboxylic acids is 4. The van der Waals surface area contributed by atoms with Crippen molar-refractivity contribution in [1.82, 2.24) is 35.1 Å². The third-order valence-corrected chi connectivity index (χ3v) is 10.2. The summed E-state index contributed by atoms with van der Waals surface area (Å²) >= 11 is 0. The molecule has 54 heavy (non-hydrogen) atoms. The first kappa shape index (κ1) is 34.9. The second kappa shape index (κ2) is 12.5. The van der Waals surface area contributed by atoms with E-state index in [9.17, 15) is 19.2 Å². The van der Waals surface area contributed by atoms with Gasteiger partial charge in [0.25, 0.3) is 11.8 Å². The number of amides is 4. The molecular formula is C38H38FN9O6. The van der Waals surface area contributed by atoms with E-state index in [2.05, 4.69) is 25.3 Å². The number of carbonyl (C=O) groups is 4. The highest BCUT2D eigenvalue weighted by Crippen LogP contribution is 2.54. The summed E-state index contributed by atoms with van der Waals surface area (Å²) in [5, 5.41) is 3.92. The van der Waals surface area contributed by atoms with Crippen molar-refractivity contribution in [1.29, 1.82) is 0 Å². The maximum absolute atomic E-state index is 15.7. The summed E-state index contributed by atoms with van der Waals surface area (Å²) in [7, 11) is 1.46. The summed E-state index contributed by atoms with van der Waals surface area (Å²) in [5.41, 5.74) is 0.365. The summed E-state index contributed by atoms with van der Waals surface area (Å²) in [6.45, 7) is 9.54. The zero-order chi connectivity index (χ0) is 38.3. The van der Waals surface area contributed by atoms with E-state index in [4.69, 9.17) is 14.5 Å². The van der Waals surface area contributed by atoms with E-state index in [0.29, 0.717) is 52.4 Å². The number of imide groups is 1. The molecule has 0 unspecified atom stereocenters. The van der Waals surface area contributed by atoms with E-state index in [1.807, 2.05) is 4.90 Å². The molecule has 2 N–H and O–H groups in total. The largest absolute Gasteiger partial charge is 0.444 e. The fourth-order valence-corrected chi connectivity index (χ4v) is 7.40. The molecule has 5 aromatic rings. The Morgan fingerprint density at radius 3 is 2.37 bits per heavy atom. The summed E-state index contributed by atoms with van der Waals surface area (Å²) in [4.78, 5) is 78.7. The van der Waals surface area contributed by atoms with Crippen molar-refractivity contribution in [2.24, 2.45) is 5.41 Å². The number of anilines is 2. The monoisotopic (exact) mass is 735 g/mol. The van der Waals surface area contributed by atoms with Crippen molar-refractivity contribution in [2.75, 3.05) is 29.9 Å². The molecular weight excluding hydrogens is 697 g/mol. The van der Waals surface area contributed by atoms with Gasteiger partial charge in [-0.15, -0.1) is 0 Å². The highest BCUT2D eigenvalue weighted by molar-refractivity contribution is 6.24. The first-order chi connectivity index (χ1) is 25.6. The topological polar surface area (TPSA) is 176 Å². The Kier molecular flexibility index (Phi) is 8.04. The van der Waals surface area contributed by atoms with Crippen LogP contribution in [-0.4, -0.2) is 91.5 Å². The number of benzene rings is 2. The minimum Gasteiger partial charge on any atom is -0.444 e. The molecule has 2 aromatic carbocycles. The number of halogens is 1. The second-order valence-electron chi connectivity index (χ2n) is 15.1. The normalized spacial score (nSPS) is 18.0. The number of hydrogen-bond donors (Lipinski definition) is 2. The Bertz CT molecular complexity index is 2350. The number of rotatable bonds is 7. The van der Waals surface area contributed by atoms with Crippen molar-refractivity contribution in [3.8, 4) is 11.8 Å². The number of alkyl carbamates (subject to hydrolysis) is 1. The highest BCUT2D eigenvalue weighted by Gasteiger charge is 2.56. The maximum atomic E-state index is 15.7. The van der Waals surface area contributed by atoms with Crippen LogP contribution in [0.25, 0.3) is 21.9 Å². The molecule has 16 heteroatoms. The number of aromatic nitrogens is 5. The number of fused-ring (bicyclic) bond motifs is 4. The van der Waals surface area contributed by atoms with Crippen LogP contribution >= 0.6 is 0 Å². The van der Waals surface area contributed by atoms with Crippen molar-refractivity contribution in [3.05, 3.63) is 71.6 Å². The molecule has 1 saturated heterocycles. The van der Waals surface area contributed by atoms with E-state index in [1.165, 1.54) is 43.4 Å². The number of aryl methyl sites for hydroxylation is 1. The molecule has 8 rings (SSSR count). The number of likely N-dealkylation sites (N-methyl/N-ethyl adjacent to an activating group) is 1. The first-order valence-corrected chi connectivity index (χ1v) is 17.6. The summed E-state index contributed by atoms with van der Waals surface area (Å²) in [6, 6.07) is 7.44. The van der Waals surface area contributed by atoms with Crippen LogP contribution in [0.15, 0.2) is 48.8 Å². The van der Waals surface area contributed by atoms with Crippen LogP contribution in [0.1, 0.15) is 67.1 Å². The number of H-pyrrole nitrogens is 1. The van der Waals surface area contributed by atoms with Crippen LogP contribution in [0.4, 0.5) is 20.7 Å². The molecule has 1 spiro atoms. The minimum absolute atomic E-state index is 0.0318. The summed E-state index contributed by atoms with van der Waals surface area (Å²) in [6.07, 6.45) is 4.25. The molecule has 1 aliphatic carbocycles. The molecule has 2 fully saturated rings. The van der Waals surface area contributed by atoms with Crippen molar-refractivity contribution in [3.63, 3.8) is 0 Å². The molecule has 1 saturated carbocycles. The zero-order valence-corrected chi connectivity index (χ0v) is 30.6. The quantitative estimate of drug-likeness (QED) is 0.208. The lowest BCUT2D eigenvalue weighted by Crippen LogP contribution is -2.48. The fourth-order valence-electron chi connectivity index (χ4n) is 7.40. The van der Waals surface area contributed by atoms with E-state index in [1.54, 1.807) is 52.0 Å². The molecule has 5 heterocycles. The Morgan fingerprint density at radius 2 is 1.74 bits per heavy atom. The second-order valence-corrected chi connectivity index (χ2v) is 15.1. The molecule has 0 bridgehead atoms. The Labute approximate surface area is 308 Å². The molecule has 2 atom stereocenters. The van der Waals surface area contributed by atoms with Crippen molar-refractivity contribution >= 4 is 57.3 Å². The fraction of sp³-hybridized carbons (Fsp3) is 0.368. The SMILES string of the molecule is Cc1ncc(Oc2nc(N3C[C@H](NC(=O)OC(C)(C)C)C4(CC4)C3)c3c(n2)[nH]c2c(N(C)C(=O)[C@H](C)N4C(=O)c5ccccc5C4=O)cc(F)cc23)cn1. The van der Waals surface area contributed by atoms with Gasteiger partial charge < -0.3 is 29.6 Å². The van der Waals surface area contributed by atoms with E-state index >= 15 is 4.39 Å². The van der Waals surface area contributed by atoms with Crippen molar-refractivity contribution < 1.29 is 33.0 Å². The standard InChI is InChI=1S/C38H38FN9O6/c1-19(48-33(50)23-9-7-8-10-24(23)34(48)51)32(49)46(6)26-14-21(39)13-25-28-30(43-29(25)26)44-35(53-22-15-40-20(2)41-16-22)45-31(28)47-17-27(38(18-47)11-12-38)42-36(52)54-37(3,4)5/h7-10,13-16,19,27H,11-12,17-18H2,1-6H3,(H,42,52)(H,43,44,45)/t19-,27-/m0/s1. The molecule has 4 amide bonds. The lowest BCUT2D eigenvalue weighted by atomic mass is 10.0. The zero-order valence-electron chi connectivity index (χ0n) is 30.6. The number of ether oxygens (including phenoxy) is 2. The smallest absolute Gasteiger partial charge is 0.407 e. The van der Waals surface area contributed by atoms with Gasteiger partial charge in [-0.3, -0.25) is 19.3 Å². The van der Waals surface area contributed by atoms with Crippen LogP contribution < -0.4 is 19.9 Å². The van der Waals surface area contributed by atoms with Gasteiger partial charge >= 0.3 is 12.1 Å². The van der Waals surface area contributed by atoms with Crippen LogP contribution in [0.5, 0.6) is 11.8 Å². The molecule has 3 aliphatic rings. The van der Waals surface area contributed by atoms with Gasteiger partial charge in [-0.05, 0) is 71.7 Å². The lowest BCUT2D eigenvalue weighted by molar-refractivity contribution is -0.121. The van der Waals surface area contributed by atoms with Gasteiger partial charge in [0.05, 0.1) is 46.2 Å². The van der Waals surface area contributed by atoms with Crippen LogP contribution in [0.2, 0.25) is 0 Å². The van der Waals surface area contributed by atoms with Gasteiger partial charge in [-0.2, -0.15) is 9.97 Å². The van der Waals surface area contributed by atoms with Gasteiger partial charge in [-0.25, -0.2) is 19.2 Å². The minimum atomic E-state index is -1.20. The number of nitrogens with one attached hydrogen (secondary N) is 2. The van der Waals surface area contributed by atoms with E-state index in [-0.39, 0.29) is 34.3 Å². The molecule has 278 valence electrons. The molecule has 0 radical (unpaired) electrons. The predicted molar refractivity (Wildman–Crippen MR) is 195 cm³/mol. The average molecular weight is 736 g/mol. The van der Waals surface area contributed by atoms with Gasteiger partial charge in [0.15, 0.2) is 5.75 Å². The van der Waals surface area contributed by atoms with Gasteiger partial charge in [0.2, 0.25) is 5.91 Å². The lowest BCUT2D eigenvalue weighted by Gasteiger charge is -2.27. The molecule has 15 nitrogen and oxygen atoms in total. The van der Waals surface area contributed by atoms with Crippen LogP contribution in [0, 0.1) is 18.2 Å². The van der Waals surface area contributed by atoms with E-state index in [0.717, 1.165) is 17.7 Å². The first-order valence-electron chi connectivity index (χ1n) is 17.6. The maximum Gasteiger partial charge on any atom is 0.407 e. The highest BCUT2D eigenvalue weighted by atomic mass is 19.1. The third-order valence-electron chi connectivity index (χ3n) is 10.2. The third kappa shape index (κ3) is 6.00. The van der Waals surface area contributed by atoms with Crippen LogP contribution in [-0.2, 0) is 9.53 Å². The average Bonchev–Trinajstić information content (AvgIpc) is 3.59. The van der Waals surface area contributed by atoms with E-state index < -0.39 is 41.3 Å². The summed E-state index contributed by atoms with van der Waals surface area (Å²) < 4.78 is 27.3. The van der Waals surface area contributed by atoms with Crippen molar-refractivity contribution in [2.45, 2.75) is 65.1 Å². The predicted octanol–water partition coefficient (Wildman–Crippen LogP) is 5.28. The molecule has 2 aliphatic heterocycles. The van der Waals surface area contributed by atoms with Gasteiger partial charge in [-0.1, -0.05) is 12.1 Å². The Morgan fingerprint density at radius 1 is 1.07 bits per heavy atom. The van der Waals surface area contributed by atoms with Gasteiger partial charge in [0, 0.05) is 30.9 Å². The number of hydrogen-bond acceptors (Lipinski definition) is 11. The van der Waals surface area contributed by atoms with Gasteiger partial charge in [0.1, 0.15) is 34.7 Å².